The van der Waals surface area contributed by atoms with E-state index in [1.165, 1.54) is 0 Å². The Kier molecular flexibility index (Phi) is 3.12. The van der Waals surface area contributed by atoms with Crippen LogP contribution in [0.25, 0.3) is 0 Å². The summed E-state index contributed by atoms with van der Waals surface area (Å²) in [5, 5.41) is 7.05. The molecule has 18 heavy (non-hydrogen) atoms. The number of aromatic amines is 2. The van der Waals surface area contributed by atoms with Gasteiger partial charge in [-0.05, 0) is 13.0 Å². The van der Waals surface area contributed by atoms with E-state index in [4.69, 9.17) is 4.74 Å². The summed E-state index contributed by atoms with van der Waals surface area (Å²) in [4.78, 5) is 9.86. The lowest BCUT2D eigenvalue weighted by molar-refractivity contribution is -0.0148. The monoisotopic (exact) mass is 247 g/mol. The zero-order chi connectivity index (χ0) is 12.4. The summed E-state index contributed by atoms with van der Waals surface area (Å²) >= 11 is 0. The Hall–Kier alpha value is -1.66. The van der Waals surface area contributed by atoms with E-state index in [9.17, 15) is 0 Å². The molecule has 6 nitrogen and oxygen atoms in total. The van der Waals surface area contributed by atoms with Crippen molar-refractivity contribution in [1.82, 2.24) is 25.1 Å². The van der Waals surface area contributed by atoms with Gasteiger partial charge in [-0.3, -0.25) is 10.00 Å². The summed E-state index contributed by atoms with van der Waals surface area (Å²) in [5.74, 6) is 0. The predicted molar refractivity (Wildman–Crippen MR) is 65.9 cm³/mol. The fourth-order valence-corrected chi connectivity index (χ4v) is 2.30. The first-order valence-corrected chi connectivity index (χ1v) is 6.14. The fraction of sp³-hybridized carbons (Fsp3) is 0.500. The van der Waals surface area contributed by atoms with Crippen molar-refractivity contribution in [3.8, 4) is 0 Å². The van der Waals surface area contributed by atoms with E-state index in [0.717, 1.165) is 36.8 Å². The predicted octanol–water partition coefficient (Wildman–Crippen LogP) is 1.01. The lowest BCUT2D eigenvalue weighted by atomic mass is 10.1. The molecule has 1 aliphatic heterocycles. The number of nitrogens with zero attached hydrogens (tertiary/aromatic N) is 3. The van der Waals surface area contributed by atoms with Gasteiger partial charge in [0, 0.05) is 25.0 Å². The van der Waals surface area contributed by atoms with E-state index in [0.29, 0.717) is 6.61 Å². The summed E-state index contributed by atoms with van der Waals surface area (Å²) < 4.78 is 5.57. The number of ether oxygens (including phenoxy) is 1. The number of rotatable bonds is 3. The molecule has 1 fully saturated rings. The minimum atomic E-state index is 0.234. The first kappa shape index (κ1) is 11.4. The van der Waals surface area contributed by atoms with Crippen molar-refractivity contribution in [1.29, 1.82) is 0 Å². The van der Waals surface area contributed by atoms with E-state index in [1.54, 1.807) is 12.5 Å². The van der Waals surface area contributed by atoms with Crippen LogP contribution in [0.1, 0.15) is 23.1 Å². The number of aryl methyl sites for hydroxylation is 1. The Balaban J connectivity index is 1.78. The van der Waals surface area contributed by atoms with Gasteiger partial charge in [0.25, 0.3) is 0 Å². The Bertz CT molecular complexity index is 492. The lowest BCUT2D eigenvalue weighted by Crippen LogP contribution is -2.39. The summed E-state index contributed by atoms with van der Waals surface area (Å²) in [6.07, 6.45) is 3.53. The largest absolute Gasteiger partial charge is 0.378 e. The number of H-pyrrole nitrogens is 2. The summed E-state index contributed by atoms with van der Waals surface area (Å²) in [7, 11) is 0. The molecule has 0 aliphatic carbocycles. The Morgan fingerprint density at radius 1 is 1.56 bits per heavy atom. The SMILES string of the molecule is Cc1[nH]cnc1CN1CCOC[C@@H]1c1ccn[nH]1. The number of nitrogens with one attached hydrogen (secondary N) is 2. The van der Waals surface area contributed by atoms with Crippen LogP contribution in [0.2, 0.25) is 0 Å². The van der Waals surface area contributed by atoms with Crippen molar-refractivity contribution >= 4 is 0 Å². The Morgan fingerprint density at radius 2 is 2.50 bits per heavy atom. The van der Waals surface area contributed by atoms with Gasteiger partial charge >= 0.3 is 0 Å². The molecular formula is C12H17N5O. The molecule has 1 atom stereocenters. The normalized spacial score (nSPS) is 21.3. The van der Waals surface area contributed by atoms with Crippen LogP contribution in [0.15, 0.2) is 18.6 Å². The van der Waals surface area contributed by atoms with Crippen LogP contribution in [-0.2, 0) is 11.3 Å². The first-order valence-electron chi connectivity index (χ1n) is 6.14. The molecule has 0 spiro atoms. The van der Waals surface area contributed by atoms with E-state index < -0.39 is 0 Å². The van der Waals surface area contributed by atoms with Gasteiger partial charge in [-0.2, -0.15) is 5.10 Å². The van der Waals surface area contributed by atoms with Gasteiger partial charge in [-0.15, -0.1) is 0 Å². The third-order valence-electron chi connectivity index (χ3n) is 3.41. The minimum Gasteiger partial charge on any atom is -0.378 e. The average Bonchev–Trinajstić information content (AvgIpc) is 3.03. The van der Waals surface area contributed by atoms with E-state index in [-0.39, 0.29) is 6.04 Å². The molecule has 2 aromatic rings. The molecular weight excluding hydrogens is 230 g/mol. The molecule has 0 amide bonds. The molecule has 0 saturated carbocycles. The second-order valence-corrected chi connectivity index (χ2v) is 4.55. The van der Waals surface area contributed by atoms with Crippen molar-refractivity contribution in [2.45, 2.75) is 19.5 Å². The molecule has 96 valence electrons. The van der Waals surface area contributed by atoms with Gasteiger partial charge in [0.1, 0.15) is 0 Å². The molecule has 6 heteroatoms. The number of imidazole rings is 1. The van der Waals surface area contributed by atoms with Gasteiger partial charge in [-0.1, -0.05) is 0 Å². The highest BCUT2D eigenvalue weighted by atomic mass is 16.5. The van der Waals surface area contributed by atoms with Crippen LogP contribution < -0.4 is 0 Å². The van der Waals surface area contributed by atoms with Crippen molar-refractivity contribution in [3.05, 3.63) is 35.7 Å². The summed E-state index contributed by atoms with van der Waals surface area (Å²) in [6.45, 7) is 5.27. The Labute approximate surface area is 105 Å². The van der Waals surface area contributed by atoms with E-state index in [1.807, 2.05) is 13.0 Å². The van der Waals surface area contributed by atoms with Crippen LogP contribution in [0, 0.1) is 6.92 Å². The molecule has 0 unspecified atom stereocenters. The molecule has 2 N–H and O–H groups in total. The third-order valence-corrected chi connectivity index (χ3v) is 3.41. The molecule has 3 heterocycles. The van der Waals surface area contributed by atoms with Crippen LogP contribution in [0.3, 0.4) is 0 Å². The van der Waals surface area contributed by atoms with Crippen molar-refractivity contribution in [3.63, 3.8) is 0 Å². The summed E-state index contributed by atoms with van der Waals surface area (Å²) in [6, 6.07) is 2.24. The lowest BCUT2D eigenvalue weighted by Gasteiger charge is -2.34. The maximum Gasteiger partial charge on any atom is 0.0925 e. The summed E-state index contributed by atoms with van der Waals surface area (Å²) in [5.41, 5.74) is 3.33. The molecule has 2 aromatic heterocycles. The molecule has 1 saturated heterocycles. The quantitative estimate of drug-likeness (QED) is 0.849. The standard InChI is InChI=1S/C12H17N5O/c1-9-11(14-8-13-9)6-17-4-5-18-7-12(17)10-2-3-15-16-10/h2-3,8,12H,4-7H2,1H3,(H,13,14)(H,15,16)/t12-/m1/s1. The van der Waals surface area contributed by atoms with Gasteiger partial charge in [0.2, 0.25) is 0 Å². The highest BCUT2D eigenvalue weighted by Gasteiger charge is 2.26. The molecule has 0 aromatic carbocycles. The second-order valence-electron chi connectivity index (χ2n) is 4.55. The number of morpholine rings is 1. The average molecular weight is 247 g/mol. The zero-order valence-electron chi connectivity index (χ0n) is 10.4. The fourth-order valence-electron chi connectivity index (χ4n) is 2.30. The number of aromatic nitrogens is 4. The Morgan fingerprint density at radius 3 is 3.22 bits per heavy atom. The highest BCUT2D eigenvalue weighted by Crippen LogP contribution is 2.24. The van der Waals surface area contributed by atoms with Crippen LogP contribution >= 0.6 is 0 Å². The van der Waals surface area contributed by atoms with Gasteiger partial charge in [0.15, 0.2) is 0 Å². The number of hydrogen-bond donors (Lipinski definition) is 2. The third kappa shape index (κ3) is 2.16. The molecule has 0 radical (unpaired) electrons. The van der Waals surface area contributed by atoms with E-state index in [2.05, 4.69) is 25.1 Å². The zero-order valence-corrected chi connectivity index (χ0v) is 10.4. The van der Waals surface area contributed by atoms with Gasteiger partial charge in [-0.25, -0.2) is 4.98 Å². The maximum atomic E-state index is 5.57. The first-order chi connectivity index (χ1) is 8.84. The highest BCUT2D eigenvalue weighted by molar-refractivity contribution is 5.11. The van der Waals surface area contributed by atoms with Crippen LogP contribution in [-0.4, -0.2) is 44.8 Å². The topological polar surface area (TPSA) is 69.8 Å². The molecule has 1 aliphatic rings. The smallest absolute Gasteiger partial charge is 0.0925 e. The van der Waals surface area contributed by atoms with Crippen LogP contribution in [0.5, 0.6) is 0 Å². The number of hydrogen-bond acceptors (Lipinski definition) is 4. The van der Waals surface area contributed by atoms with Crippen molar-refractivity contribution in [2.24, 2.45) is 0 Å². The molecule has 0 bridgehead atoms. The maximum absolute atomic E-state index is 5.57. The van der Waals surface area contributed by atoms with Crippen molar-refractivity contribution in [2.75, 3.05) is 19.8 Å². The van der Waals surface area contributed by atoms with Gasteiger partial charge < -0.3 is 9.72 Å². The van der Waals surface area contributed by atoms with Gasteiger partial charge in [0.05, 0.1) is 37.0 Å². The van der Waals surface area contributed by atoms with Crippen molar-refractivity contribution < 1.29 is 4.74 Å². The van der Waals surface area contributed by atoms with Crippen LogP contribution in [0.4, 0.5) is 0 Å². The second kappa shape index (κ2) is 4.91. The molecule has 3 rings (SSSR count). The minimum absolute atomic E-state index is 0.234. The van der Waals surface area contributed by atoms with E-state index >= 15 is 0 Å².